The Morgan fingerprint density at radius 2 is 2.42 bits per heavy atom. The smallest absolute Gasteiger partial charge is 0.110 e. The average molecular weight is 174 g/mol. The minimum atomic E-state index is -0.711. The van der Waals surface area contributed by atoms with Gasteiger partial charge in [-0.25, -0.2) is 4.39 Å². The van der Waals surface area contributed by atoms with Gasteiger partial charge in [0.1, 0.15) is 6.17 Å². The Labute approximate surface area is 74.1 Å². The summed E-state index contributed by atoms with van der Waals surface area (Å²) in [6.07, 6.45) is 1.71. The van der Waals surface area contributed by atoms with E-state index in [0.29, 0.717) is 12.6 Å². The Hall–Kier alpha value is -0.150. The average Bonchev–Trinajstić information content (AvgIpc) is 2.05. The van der Waals surface area contributed by atoms with Gasteiger partial charge in [-0.2, -0.15) is 0 Å². The van der Waals surface area contributed by atoms with Crippen LogP contribution >= 0.6 is 0 Å². The molecule has 2 unspecified atom stereocenters. The van der Waals surface area contributed by atoms with Crippen molar-refractivity contribution >= 4 is 0 Å². The van der Waals surface area contributed by atoms with Gasteiger partial charge in [0, 0.05) is 19.1 Å². The molecule has 1 saturated heterocycles. The molecular weight excluding hydrogens is 155 g/mol. The number of halogens is 1. The zero-order valence-corrected chi connectivity index (χ0v) is 8.02. The van der Waals surface area contributed by atoms with E-state index in [4.69, 9.17) is 0 Å². The van der Waals surface area contributed by atoms with Crippen LogP contribution < -0.4 is 5.32 Å². The van der Waals surface area contributed by atoms with E-state index in [0.717, 1.165) is 13.1 Å². The molecule has 0 aromatic carbocycles. The Morgan fingerprint density at radius 3 is 2.92 bits per heavy atom. The number of alkyl halides is 1. The van der Waals surface area contributed by atoms with E-state index in [1.165, 1.54) is 12.8 Å². The third-order valence-electron chi connectivity index (χ3n) is 2.43. The number of likely N-dealkylation sites (N-methyl/N-ethyl adjacent to an activating group) is 1. The lowest BCUT2D eigenvalue weighted by Gasteiger charge is -2.31. The summed E-state index contributed by atoms with van der Waals surface area (Å²) in [4.78, 5) is 2.12. The number of hydrogen-bond acceptors (Lipinski definition) is 2. The van der Waals surface area contributed by atoms with Crippen LogP contribution in [0.2, 0.25) is 0 Å². The van der Waals surface area contributed by atoms with Crippen LogP contribution in [0.4, 0.5) is 4.39 Å². The van der Waals surface area contributed by atoms with Crippen LogP contribution in [0.5, 0.6) is 0 Å². The Kier molecular flexibility index (Phi) is 3.95. The molecule has 3 heteroatoms. The van der Waals surface area contributed by atoms with Crippen molar-refractivity contribution in [3.63, 3.8) is 0 Å². The first-order valence-corrected chi connectivity index (χ1v) is 4.75. The van der Waals surface area contributed by atoms with Crippen molar-refractivity contribution in [1.29, 1.82) is 0 Å². The summed E-state index contributed by atoms with van der Waals surface area (Å²) in [5.74, 6) is 0. The topological polar surface area (TPSA) is 15.3 Å². The fraction of sp³-hybridized carbons (Fsp3) is 1.00. The maximum Gasteiger partial charge on any atom is 0.110 e. The third-order valence-corrected chi connectivity index (χ3v) is 2.43. The van der Waals surface area contributed by atoms with Gasteiger partial charge in [0.2, 0.25) is 0 Å². The molecule has 0 aromatic heterocycles. The first kappa shape index (κ1) is 9.93. The van der Waals surface area contributed by atoms with Crippen molar-refractivity contribution in [2.24, 2.45) is 0 Å². The molecule has 72 valence electrons. The molecule has 1 fully saturated rings. The highest BCUT2D eigenvalue weighted by Crippen LogP contribution is 2.09. The predicted molar refractivity (Wildman–Crippen MR) is 49.1 cm³/mol. The fourth-order valence-electron chi connectivity index (χ4n) is 1.76. The van der Waals surface area contributed by atoms with Crippen molar-refractivity contribution in [1.82, 2.24) is 10.2 Å². The van der Waals surface area contributed by atoms with Crippen LogP contribution in [-0.4, -0.2) is 43.8 Å². The van der Waals surface area contributed by atoms with E-state index >= 15 is 0 Å². The van der Waals surface area contributed by atoms with E-state index in [9.17, 15) is 4.39 Å². The van der Waals surface area contributed by atoms with Gasteiger partial charge in [-0.3, -0.25) is 4.90 Å². The monoisotopic (exact) mass is 174 g/mol. The van der Waals surface area contributed by atoms with Crippen molar-refractivity contribution in [3.8, 4) is 0 Å². The third kappa shape index (κ3) is 3.07. The maximum absolute atomic E-state index is 12.6. The Balaban J connectivity index is 2.24. The minimum Gasteiger partial charge on any atom is -0.315 e. The molecule has 12 heavy (non-hydrogen) atoms. The van der Waals surface area contributed by atoms with Gasteiger partial charge >= 0.3 is 0 Å². The van der Waals surface area contributed by atoms with Crippen LogP contribution in [-0.2, 0) is 0 Å². The second kappa shape index (κ2) is 4.77. The quantitative estimate of drug-likeness (QED) is 0.687. The number of nitrogens with zero attached hydrogens (tertiary/aromatic N) is 1. The summed E-state index contributed by atoms with van der Waals surface area (Å²) in [5, 5.41) is 3.32. The molecule has 1 aliphatic rings. The number of piperidine rings is 1. The van der Waals surface area contributed by atoms with Crippen LogP contribution in [0.15, 0.2) is 0 Å². The fourth-order valence-corrected chi connectivity index (χ4v) is 1.76. The Bertz CT molecular complexity index is 122. The van der Waals surface area contributed by atoms with Gasteiger partial charge < -0.3 is 5.32 Å². The lowest BCUT2D eigenvalue weighted by atomic mass is 10.1. The molecule has 0 saturated carbocycles. The zero-order valence-electron chi connectivity index (χ0n) is 8.02. The summed E-state index contributed by atoms with van der Waals surface area (Å²) in [6, 6.07) is 0.539. The van der Waals surface area contributed by atoms with E-state index in [-0.39, 0.29) is 0 Å². The first-order valence-electron chi connectivity index (χ1n) is 4.75. The van der Waals surface area contributed by atoms with Crippen molar-refractivity contribution in [3.05, 3.63) is 0 Å². The standard InChI is InChI=1S/C9H19FN2/c1-8(10)7-12(2)9-4-3-5-11-6-9/h8-9,11H,3-7H2,1-2H3. The van der Waals surface area contributed by atoms with Gasteiger partial charge in [0.25, 0.3) is 0 Å². The zero-order chi connectivity index (χ0) is 8.97. The summed E-state index contributed by atoms with van der Waals surface area (Å²) in [5.41, 5.74) is 0. The molecular formula is C9H19FN2. The highest BCUT2D eigenvalue weighted by atomic mass is 19.1. The number of nitrogens with one attached hydrogen (secondary N) is 1. The highest BCUT2D eigenvalue weighted by molar-refractivity contribution is 4.77. The van der Waals surface area contributed by atoms with Gasteiger partial charge in [0.15, 0.2) is 0 Å². The molecule has 1 rings (SSSR count). The highest BCUT2D eigenvalue weighted by Gasteiger charge is 2.18. The molecule has 0 aliphatic carbocycles. The molecule has 2 nitrogen and oxygen atoms in total. The molecule has 1 aliphatic heterocycles. The molecule has 0 bridgehead atoms. The molecule has 0 amide bonds. The number of hydrogen-bond donors (Lipinski definition) is 1. The van der Waals surface area contributed by atoms with Gasteiger partial charge in [-0.1, -0.05) is 0 Å². The summed E-state index contributed by atoms with van der Waals surface area (Å²) in [6.45, 7) is 4.32. The number of rotatable bonds is 3. The van der Waals surface area contributed by atoms with E-state index < -0.39 is 6.17 Å². The normalized spacial score (nSPS) is 27.5. The maximum atomic E-state index is 12.6. The van der Waals surface area contributed by atoms with Crippen LogP contribution in [0.3, 0.4) is 0 Å². The van der Waals surface area contributed by atoms with Crippen LogP contribution in [0, 0.1) is 0 Å². The summed E-state index contributed by atoms with van der Waals surface area (Å²) in [7, 11) is 2.01. The molecule has 2 atom stereocenters. The molecule has 0 aromatic rings. The molecule has 1 N–H and O–H groups in total. The SMILES string of the molecule is CC(F)CN(C)C1CCCNC1. The van der Waals surface area contributed by atoms with E-state index in [1.54, 1.807) is 6.92 Å². The lowest BCUT2D eigenvalue weighted by Crippen LogP contribution is -2.45. The first-order chi connectivity index (χ1) is 5.70. The van der Waals surface area contributed by atoms with Crippen molar-refractivity contribution in [2.75, 3.05) is 26.7 Å². The molecule has 0 radical (unpaired) electrons. The molecule has 0 spiro atoms. The van der Waals surface area contributed by atoms with Crippen LogP contribution in [0.1, 0.15) is 19.8 Å². The van der Waals surface area contributed by atoms with Crippen molar-refractivity contribution in [2.45, 2.75) is 32.0 Å². The van der Waals surface area contributed by atoms with E-state index in [1.807, 2.05) is 7.05 Å². The summed E-state index contributed by atoms with van der Waals surface area (Å²) < 4.78 is 12.6. The van der Waals surface area contributed by atoms with Crippen molar-refractivity contribution < 1.29 is 4.39 Å². The molecule has 1 heterocycles. The van der Waals surface area contributed by atoms with Crippen LogP contribution in [0.25, 0.3) is 0 Å². The lowest BCUT2D eigenvalue weighted by molar-refractivity contribution is 0.160. The second-order valence-electron chi connectivity index (χ2n) is 3.72. The Morgan fingerprint density at radius 1 is 1.67 bits per heavy atom. The van der Waals surface area contributed by atoms with E-state index in [2.05, 4.69) is 10.2 Å². The predicted octanol–water partition coefficient (Wildman–Crippen LogP) is 1.03. The second-order valence-corrected chi connectivity index (χ2v) is 3.72. The van der Waals surface area contributed by atoms with Gasteiger partial charge in [0.05, 0.1) is 0 Å². The van der Waals surface area contributed by atoms with Gasteiger partial charge in [-0.15, -0.1) is 0 Å². The summed E-state index contributed by atoms with van der Waals surface area (Å²) >= 11 is 0. The van der Waals surface area contributed by atoms with Gasteiger partial charge in [-0.05, 0) is 33.4 Å². The largest absolute Gasteiger partial charge is 0.315 e. The minimum absolute atomic E-state index is 0.539.